The molecule has 2 rings (SSSR count). The van der Waals surface area contributed by atoms with E-state index in [1.165, 1.54) is 6.33 Å². The van der Waals surface area contributed by atoms with E-state index in [2.05, 4.69) is 9.97 Å². The molecule has 2 N–H and O–H groups in total. The number of methoxy groups -OCH3 is 2. The van der Waals surface area contributed by atoms with Gasteiger partial charge in [0.25, 0.3) is 0 Å². The van der Waals surface area contributed by atoms with Gasteiger partial charge >= 0.3 is 0 Å². The van der Waals surface area contributed by atoms with Crippen LogP contribution in [0.3, 0.4) is 0 Å². The van der Waals surface area contributed by atoms with E-state index < -0.39 is 0 Å². The molecule has 0 fully saturated rings. The molecule has 1 aromatic heterocycles. The Morgan fingerprint density at radius 1 is 1.27 bits per heavy atom. The highest BCUT2D eigenvalue weighted by atomic mass is 16.5. The van der Waals surface area contributed by atoms with Crippen molar-refractivity contribution in [3.05, 3.63) is 18.6 Å². The van der Waals surface area contributed by atoms with Crippen molar-refractivity contribution in [2.45, 2.75) is 0 Å². The second-order valence-corrected chi connectivity index (χ2v) is 2.99. The lowest BCUT2D eigenvalue weighted by atomic mass is 10.2. The second-order valence-electron chi connectivity index (χ2n) is 2.99. The molecule has 0 saturated carbocycles. The maximum atomic E-state index is 5.81. The van der Waals surface area contributed by atoms with Gasteiger partial charge < -0.3 is 15.2 Å². The zero-order chi connectivity index (χ0) is 10.8. The summed E-state index contributed by atoms with van der Waals surface area (Å²) in [6.07, 6.45) is 3.11. The lowest BCUT2D eigenvalue weighted by molar-refractivity contribution is 0.411. The van der Waals surface area contributed by atoms with Crippen molar-refractivity contribution < 1.29 is 9.47 Å². The molecule has 0 aliphatic rings. The van der Waals surface area contributed by atoms with Crippen molar-refractivity contribution in [3.63, 3.8) is 0 Å². The molecule has 2 aromatic rings. The molecule has 78 valence electrons. The SMILES string of the molecule is COc1c(N)cc(OC)c2ncncc12. The van der Waals surface area contributed by atoms with Crippen LogP contribution in [-0.2, 0) is 0 Å². The average Bonchev–Trinajstić information content (AvgIpc) is 2.28. The summed E-state index contributed by atoms with van der Waals surface area (Å²) in [5, 5.41) is 0.747. The van der Waals surface area contributed by atoms with Gasteiger partial charge in [0.1, 0.15) is 17.6 Å². The van der Waals surface area contributed by atoms with E-state index in [1.54, 1.807) is 26.5 Å². The molecular weight excluding hydrogens is 194 g/mol. The molecule has 0 unspecified atom stereocenters. The molecule has 0 atom stereocenters. The van der Waals surface area contributed by atoms with Crippen molar-refractivity contribution in [2.24, 2.45) is 0 Å². The molecule has 0 bridgehead atoms. The Bertz CT molecular complexity index is 499. The van der Waals surface area contributed by atoms with Crippen molar-refractivity contribution in [1.82, 2.24) is 9.97 Å². The molecule has 0 aliphatic heterocycles. The number of nitrogens with two attached hydrogens (primary N) is 1. The second kappa shape index (κ2) is 3.61. The number of nitrogen functional groups attached to an aromatic ring is 1. The highest BCUT2D eigenvalue weighted by Gasteiger charge is 2.11. The van der Waals surface area contributed by atoms with Gasteiger partial charge in [-0.05, 0) is 0 Å². The van der Waals surface area contributed by atoms with E-state index in [0.717, 1.165) is 5.39 Å². The van der Waals surface area contributed by atoms with Gasteiger partial charge in [-0.1, -0.05) is 0 Å². The number of anilines is 1. The summed E-state index contributed by atoms with van der Waals surface area (Å²) in [5.41, 5.74) is 7.02. The molecule has 15 heavy (non-hydrogen) atoms. The van der Waals surface area contributed by atoms with E-state index in [4.69, 9.17) is 15.2 Å². The Morgan fingerprint density at radius 3 is 2.73 bits per heavy atom. The summed E-state index contributed by atoms with van der Waals surface area (Å²) in [4.78, 5) is 8.07. The van der Waals surface area contributed by atoms with Crippen molar-refractivity contribution in [2.75, 3.05) is 20.0 Å². The van der Waals surface area contributed by atoms with Crippen LogP contribution in [0.1, 0.15) is 0 Å². The summed E-state index contributed by atoms with van der Waals surface area (Å²) < 4.78 is 10.4. The third-order valence-corrected chi connectivity index (χ3v) is 2.16. The van der Waals surface area contributed by atoms with E-state index >= 15 is 0 Å². The molecule has 0 aliphatic carbocycles. The molecule has 5 heteroatoms. The largest absolute Gasteiger partial charge is 0.494 e. The van der Waals surface area contributed by atoms with E-state index in [9.17, 15) is 0 Å². The fourth-order valence-electron chi connectivity index (χ4n) is 1.51. The minimum Gasteiger partial charge on any atom is -0.494 e. The predicted molar refractivity (Wildman–Crippen MR) is 57.1 cm³/mol. The third-order valence-electron chi connectivity index (χ3n) is 2.16. The molecule has 5 nitrogen and oxygen atoms in total. The van der Waals surface area contributed by atoms with Gasteiger partial charge in [-0.25, -0.2) is 9.97 Å². The standard InChI is InChI=1S/C10H11N3O2/c1-14-8-3-7(11)10(15-2)6-4-12-5-13-9(6)8/h3-5H,11H2,1-2H3. The van der Waals surface area contributed by atoms with E-state index in [1.807, 2.05) is 0 Å². The maximum absolute atomic E-state index is 5.81. The van der Waals surface area contributed by atoms with Crippen LogP contribution >= 0.6 is 0 Å². The Hall–Kier alpha value is -2.04. The molecule has 0 amide bonds. The molecule has 1 aromatic carbocycles. The minimum atomic E-state index is 0.511. The van der Waals surface area contributed by atoms with Crippen LogP contribution in [-0.4, -0.2) is 24.2 Å². The molecule has 1 heterocycles. The van der Waals surface area contributed by atoms with E-state index in [-0.39, 0.29) is 0 Å². The first-order valence-corrected chi connectivity index (χ1v) is 4.38. The summed E-state index contributed by atoms with van der Waals surface area (Å²) in [7, 11) is 3.13. The molecular formula is C10H11N3O2. The van der Waals surface area contributed by atoms with Crippen LogP contribution in [0, 0.1) is 0 Å². The normalized spacial score (nSPS) is 10.3. The smallest absolute Gasteiger partial charge is 0.152 e. The highest BCUT2D eigenvalue weighted by Crippen LogP contribution is 2.36. The fourth-order valence-corrected chi connectivity index (χ4v) is 1.51. The first-order valence-electron chi connectivity index (χ1n) is 4.38. The topological polar surface area (TPSA) is 70.3 Å². The number of rotatable bonds is 2. The van der Waals surface area contributed by atoms with Gasteiger partial charge in [0.05, 0.1) is 25.3 Å². The Balaban J connectivity index is 2.86. The quantitative estimate of drug-likeness (QED) is 0.746. The zero-order valence-corrected chi connectivity index (χ0v) is 8.52. The lowest BCUT2D eigenvalue weighted by Crippen LogP contribution is -1.97. The number of ether oxygens (including phenoxy) is 2. The van der Waals surface area contributed by atoms with E-state index in [0.29, 0.717) is 22.7 Å². The van der Waals surface area contributed by atoms with Gasteiger partial charge in [0, 0.05) is 12.3 Å². The van der Waals surface area contributed by atoms with Crippen LogP contribution in [0.25, 0.3) is 10.9 Å². The monoisotopic (exact) mass is 205 g/mol. The van der Waals surface area contributed by atoms with Gasteiger partial charge in [-0.2, -0.15) is 0 Å². The number of fused-ring (bicyclic) bond motifs is 1. The zero-order valence-electron chi connectivity index (χ0n) is 8.52. The Morgan fingerprint density at radius 2 is 2.07 bits per heavy atom. The van der Waals surface area contributed by atoms with Gasteiger partial charge in [0.2, 0.25) is 0 Å². The minimum absolute atomic E-state index is 0.511. The van der Waals surface area contributed by atoms with Crippen LogP contribution in [0.2, 0.25) is 0 Å². The molecule has 0 spiro atoms. The first-order chi connectivity index (χ1) is 7.27. The van der Waals surface area contributed by atoms with Gasteiger partial charge in [-0.3, -0.25) is 0 Å². The van der Waals surface area contributed by atoms with Crippen LogP contribution in [0.15, 0.2) is 18.6 Å². The predicted octanol–water partition coefficient (Wildman–Crippen LogP) is 1.23. The fraction of sp³-hybridized carbons (Fsp3) is 0.200. The molecule has 0 radical (unpaired) electrons. The van der Waals surface area contributed by atoms with Crippen molar-refractivity contribution in [3.8, 4) is 11.5 Å². The van der Waals surface area contributed by atoms with Crippen LogP contribution < -0.4 is 15.2 Å². The van der Waals surface area contributed by atoms with Crippen LogP contribution in [0.5, 0.6) is 11.5 Å². The number of hydrogen-bond donors (Lipinski definition) is 1. The number of benzene rings is 1. The first kappa shape index (κ1) is 9.51. The van der Waals surface area contributed by atoms with Gasteiger partial charge in [0.15, 0.2) is 5.75 Å². The summed E-state index contributed by atoms with van der Waals surface area (Å²) in [5.74, 6) is 1.19. The highest BCUT2D eigenvalue weighted by molar-refractivity contribution is 5.94. The van der Waals surface area contributed by atoms with Crippen molar-refractivity contribution >= 4 is 16.6 Å². The molecule has 0 saturated heterocycles. The number of nitrogens with zero attached hydrogens (tertiary/aromatic N) is 2. The van der Waals surface area contributed by atoms with Crippen LogP contribution in [0.4, 0.5) is 5.69 Å². The maximum Gasteiger partial charge on any atom is 0.152 e. The van der Waals surface area contributed by atoms with Gasteiger partial charge in [-0.15, -0.1) is 0 Å². The number of hydrogen-bond acceptors (Lipinski definition) is 5. The third kappa shape index (κ3) is 1.41. The Labute approximate surface area is 86.8 Å². The summed E-state index contributed by atoms with van der Waals surface area (Å²) in [6.45, 7) is 0. The van der Waals surface area contributed by atoms with Crippen molar-refractivity contribution in [1.29, 1.82) is 0 Å². The number of aromatic nitrogens is 2. The lowest BCUT2D eigenvalue weighted by Gasteiger charge is -2.10. The summed E-state index contributed by atoms with van der Waals surface area (Å²) in [6, 6.07) is 1.69. The summed E-state index contributed by atoms with van der Waals surface area (Å²) >= 11 is 0. The average molecular weight is 205 g/mol. The Kier molecular flexibility index (Phi) is 2.29.